The van der Waals surface area contributed by atoms with Gasteiger partial charge in [-0.1, -0.05) is 35.4 Å². The Morgan fingerprint density at radius 3 is 2.52 bits per heavy atom. The number of carbonyl (C=O) groups is 2. The highest BCUT2D eigenvalue weighted by Gasteiger charge is 2.19. The van der Waals surface area contributed by atoms with E-state index in [1.54, 1.807) is 43.3 Å². The number of carbonyl (C=O) groups excluding carboxylic acids is 2. The quantitative estimate of drug-likeness (QED) is 0.857. The first kappa shape index (κ1) is 17.0. The molecule has 0 unspecified atom stereocenters. The number of ether oxygens (including phenoxy) is 1. The van der Waals surface area contributed by atoms with Crippen molar-refractivity contribution in [2.24, 2.45) is 0 Å². The van der Waals surface area contributed by atoms with Gasteiger partial charge in [0.05, 0.1) is 5.56 Å². The molecule has 5 heteroatoms. The van der Waals surface area contributed by atoms with Gasteiger partial charge in [0, 0.05) is 10.7 Å². The van der Waals surface area contributed by atoms with Crippen LogP contribution in [0.3, 0.4) is 0 Å². The number of esters is 1. The standard InChI is InChI=1S/C18H18ClNO3/c1-11-6-4-7-14(10-11)18(22)23-13(3)17(21)20-16-9-5-8-15(19)12(16)2/h4-10,13H,1-3H3,(H,20,21)/t13-/m1/s1. The maximum Gasteiger partial charge on any atom is 0.338 e. The fourth-order valence-corrected chi connectivity index (χ4v) is 2.21. The zero-order valence-electron chi connectivity index (χ0n) is 13.2. The van der Waals surface area contributed by atoms with Crippen LogP contribution in [0.2, 0.25) is 5.02 Å². The van der Waals surface area contributed by atoms with E-state index in [1.165, 1.54) is 6.92 Å². The third-order valence-electron chi connectivity index (χ3n) is 3.43. The van der Waals surface area contributed by atoms with Gasteiger partial charge in [-0.15, -0.1) is 0 Å². The number of rotatable bonds is 4. The van der Waals surface area contributed by atoms with E-state index in [2.05, 4.69) is 5.32 Å². The number of benzene rings is 2. The lowest BCUT2D eigenvalue weighted by atomic mass is 10.1. The van der Waals surface area contributed by atoms with Crippen LogP contribution in [0.1, 0.15) is 28.4 Å². The topological polar surface area (TPSA) is 55.4 Å². The molecular weight excluding hydrogens is 314 g/mol. The Morgan fingerprint density at radius 1 is 1.13 bits per heavy atom. The Bertz CT molecular complexity index is 743. The van der Waals surface area contributed by atoms with E-state index in [0.29, 0.717) is 16.3 Å². The van der Waals surface area contributed by atoms with Crippen LogP contribution in [0.25, 0.3) is 0 Å². The van der Waals surface area contributed by atoms with Crippen LogP contribution in [0.15, 0.2) is 42.5 Å². The maximum atomic E-state index is 12.2. The summed E-state index contributed by atoms with van der Waals surface area (Å²) in [6.07, 6.45) is -0.915. The van der Waals surface area contributed by atoms with E-state index in [4.69, 9.17) is 16.3 Å². The van der Waals surface area contributed by atoms with Crippen molar-refractivity contribution in [2.45, 2.75) is 26.9 Å². The van der Waals surface area contributed by atoms with E-state index in [9.17, 15) is 9.59 Å². The van der Waals surface area contributed by atoms with Crippen LogP contribution in [-0.4, -0.2) is 18.0 Å². The van der Waals surface area contributed by atoms with Gasteiger partial charge >= 0.3 is 5.97 Å². The van der Waals surface area contributed by atoms with Gasteiger partial charge in [0.25, 0.3) is 5.91 Å². The third-order valence-corrected chi connectivity index (χ3v) is 3.84. The molecule has 0 spiro atoms. The lowest BCUT2D eigenvalue weighted by Gasteiger charge is -2.15. The molecule has 1 N–H and O–H groups in total. The van der Waals surface area contributed by atoms with Gasteiger partial charge < -0.3 is 10.1 Å². The van der Waals surface area contributed by atoms with Crippen molar-refractivity contribution in [3.63, 3.8) is 0 Å². The first-order chi connectivity index (χ1) is 10.9. The Morgan fingerprint density at radius 2 is 1.83 bits per heavy atom. The fourth-order valence-electron chi connectivity index (χ4n) is 2.03. The van der Waals surface area contributed by atoms with Gasteiger partial charge in [-0.05, 0) is 50.6 Å². The lowest BCUT2D eigenvalue weighted by molar-refractivity contribution is -0.123. The van der Waals surface area contributed by atoms with E-state index < -0.39 is 18.0 Å². The predicted octanol–water partition coefficient (Wildman–Crippen LogP) is 4.14. The molecule has 2 rings (SSSR count). The van der Waals surface area contributed by atoms with Crippen LogP contribution >= 0.6 is 11.6 Å². The molecule has 0 aliphatic heterocycles. The number of anilines is 1. The molecule has 1 amide bonds. The second kappa shape index (κ2) is 7.29. The molecule has 0 bridgehead atoms. The van der Waals surface area contributed by atoms with Crippen molar-refractivity contribution >= 4 is 29.2 Å². The summed E-state index contributed by atoms with van der Waals surface area (Å²) in [5.74, 6) is -0.935. The van der Waals surface area contributed by atoms with Gasteiger partial charge in [0.15, 0.2) is 6.10 Å². The molecule has 0 heterocycles. The number of halogens is 1. The van der Waals surface area contributed by atoms with E-state index >= 15 is 0 Å². The summed E-state index contributed by atoms with van der Waals surface area (Å²) < 4.78 is 5.21. The molecule has 0 aromatic heterocycles. The molecule has 0 fully saturated rings. The maximum absolute atomic E-state index is 12.2. The minimum absolute atomic E-state index is 0.406. The summed E-state index contributed by atoms with van der Waals surface area (Å²) in [4.78, 5) is 24.2. The number of amides is 1. The zero-order chi connectivity index (χ0) is 17.0. The van der Waals surface area contributed by atoms with Crippen molar-refractivity contribution in [3.8, 4) is 0 Å². The number of hydrogen-bond donors (Lipinski definition) is 1. The van der Waals surface area contributed by atoms with E-state index in [-0.39, 0.29) is 0 Å². The van der Waals surface area contributed by atoms with Gasteiger partial charge in [0.1, 0.15) is 0 Å². The fraction of sp³-hybridized carbons (Fsp3) is 0.222. The summed E-state index contributed by atoms with van der Waals surface area (Å²) in [5, 5.41) is 3.28. The summed E-state index contributed by atoms with van der Waals surface area (Å²) in [5.41, 5.74) is 2.73. The van der Waals surface area contributed by atoms with Crippen LogP contribution < -0.4 is 5.32 Å². The summed E-state index contributed by atoms with van der Waals surface area (Å²) in [7, 11) is 0. The predicted molar refractivity (Wildman–Crippen MR) is 90.9 cm³/mol. The van der Waals surface area contributed by atoms with Crippen LogP contribution in [0.4, 0.5) is 5.69 Å². The molecule has 0 aliphatic carbocycles. The van der Waals surface area contributed by atoms with Crippen molar-refractivity contribution < 1.29 is 14.3 Å². The van der Waals surface area contributed by atoms with Crippen LogP contribution in [0, 0.1) is 13.8 Å². The molecule has 2 aromatic carbocycles. The van der Waals surface area contributed by atoms with Crippen LogP contribution in [-0.2, 0) is 9.53 Å². The average Bonchev–Trinajstić information content (AvgIpc) is 2.51. The number of nitrogens with one attached hydrogen (secondary N) is 1. The highest BCUT2D eigenvalue weighted by Crippen LogP contribution is 2.23. The van der Waals surface area contributed by atoms with Crippen molar-refractivity contribution in [2.75, 3.05) is 5.32 Å². The Kier molecular flexibility index (Phi) is 5.40. The minimum atomic E-state index is -0.915. The molecule has 0 aliphatic rings. The molecule has 0 saturated carbocycles. The normalized spacial score (nSPS) is 11.7. The second-order valence-corrected chi connectivity index (χ2v) is 5.73. The molecular formula is C18H18ClNO3. The zero-order valence-corrected chi connectivity index (χ0v) is 14.0. The number of hydrogen-bond acceptors (Lipinski definition) is 3. The first-order valence-electron chi connectivity index (χ1n) is 7.22. The van der Waals surface area contributed by atoms with E-state index in [1.807, 2.05) is 13.0 Å². The van der Waals surface area contributed by atoms with E-state index in [0.717, 1.165) is 11.1 Å². The Hall–Kier alpha value is -2.33. The van der Waals surface area contributed by atoms with Crippen molar-refractivity contribution in [1.82, 2.24) is 0 Å². The molecule has 1 atom stereocenters. The highest BCUT2D eigenvalue weighted by atomic mass is 35.5. The SMILES string of the molecule is Cc1cccc(C(=O)O[C@H](C)C(=O)Nc2cccc(Cl)c2C)c1. The third kappa shape index (κ3) is 4.33. The summed E-state index contributed by atoms with van der Waals surface area (Å²) in [6, 6.07) is 12.3. The molecule has 0 radical (unpaired) electrons. The van der Waals surface area contributed by atoms with Gasteiger partial charge in [-0.2, -0.15) is 0 Å². The minimum Gasteiger partial charge on any atom is -0.449 e. The average molecular weight is 332 g/mol. The lowest BCUT2D eigenvalue weighted by Crippen LogP contribution is -2.30. The smallest absolute Gasteiger partial charge is 0.338 e. The Labute approximate surface area is 140 Å². The summed E-state index contributed by atoms with van der Waals surface area (Å²) in [6.45, 7) is 5.22. The number of aryl methyl sites for hydroxylation is 1. The van der Waals surface area contributed by atoms with Gasteiger partial charge in [0.2, 0.25) is 0 Å². The molecule has 0 saturated heterocycles. The molecule has 4 nitrogen and oxygen atoms in total. The Balaban J connectivity index is 2.02. The molecule has 2 aromatic rings. The molecule has 120 valence electrons. The monoisotopic (exact) mass is 331 g/mol. The molecule has 23 heavy (non-hydrogen) atoms. The van der Waals surface area contributed by atoms with Crippen molar-refractivity contribution in [3.05, 3.63) is 64.2 Å². The second-order valence-electron chi connectivity index (χ2n) is 5.32. The van der Waals surface area contributed by atoms with Crippen LogP contribution in [0.5, 0.6) is 0 Å². The van der Waals surface area contributed by atoms with Gasteiger partial charge in [-0.3, -0.25) is 4.79 Å². The largest absolute Gasteiger partial charge is 0.449 e. The highest BCUT2D eigenvalue weighted by molar-refractivity contribution is 6.31. The summed E-state index contributed by atoms with van der Waals surface area (Å²) >= 11 is 6.02. The first-order valence-corrected chi connectivity index (χ1v) is 7.60. The van der Waals surface area contributed by atoms with Gasteiger partial charge in [-0.25, -0.2) is 4.79 Å². The van der Waals surface area contributed by atoms with Crippen molar-refractivity contribution in [1.29, 1.82) is 0 Å².